The van der Waals surface area contributed by atoms with Crippen LogP contribution < -0.4 is 9.70 Å². The van der Waals surface area contributed by atoms with Crippen molar-refractivity contribution in [1.29, 1.82) is 0 Å². The number of carbonyl (C=O) groups is 1. The molecule has 0 radical (unpaired) electrons. The fourth-order valence-electron chi connectivity index (χ4n) is 3.46. The maximum atomic E-state index is 13.3. The molecular formula is C23H32ClN3O3S. The van der Waals surface area contributed by atoms with E-state index in [2.05, 4.69) is 36.5 Å². The molecule has 1 aliphatic rings. The lowest BCUT2D eigenvalue weighted by Gasteiger charge is -2.21. The first-order chi connectivity index (χ1) is 14.7. The van der Waals surface area contributed by atoms with E-state index in [0.717, 1.165) is 25.1 Å². The van der Waals surface area contributed by atoms with Gasteiger partial charge in [-0.1, -0.05) is 32.4 Å². The summed E-state index contributed by atoms with van der Waals surface area (Å²) in [6.45, 7) is 9.22. The maximum Gasteiger partial charge on any atom is 0.281 e. The number of hydrogen-bond acceptors (Lipinski definition) is 5. The first-order valence-electron chi connectivity index (χ1n) is 10.6. The van der Waals surface area contributed by atoms with Crippen molar-refractivity contribution in [3.8, 4) is 0 Å². The third kappa shape index (κ3) is 6.19. The number of likely N-dealkylation sites (N-methyl/N-ethyl adjacent to an activating group) is 1. The van der Waals surface area contributed by atoms with Gasteiger partial charge in [-0.25, -0.2) is 0 Å². The number of thiazole rings is 1. The quantitative estimate of drug-likeness (QED) is 0.604. The molecule has 8 heteroatoms. The molecule has 0 spiro atoms. The molecule has 31 heavy (non-hydrogen) atoms. The van der Waals surface area contributed by atoms with Gasteiger partial charge < -0.3 is 18.9 Å². The lowest BCUT2D eigenvalue weighted by atomic mass is 9.95. The second-order valence-corrected chi connectivity index (χ2v) is 10.4. The van der Waals surface area contributed by atoms with Crippen molar-refractivity contribution in [3.63, 3.8) is 0 Å². The maximum absolute atomic E-state index is 13.3. The van der Waals surface area contributed by atoms with Crippen LogP contribution in [0.1, 0.15) is 48.8 Å². The topological polar surface area (TPSA) is 56.1 Å². The number of amides is 1. The fraction of sp³-hybridized carbons (Fsp3) is 0.565. The second-order valence-electron chi connectivity index (χ2n) is 8.91. The van der Waals surface area contributed by atoms with Gasteiger partial charge in [0, 0.05) is 49.1 Å². The Hall–Kier alpha value is -1.67. The summed E-state index contributed by atoms with van der Waals surface area (Å²) in [6, 6.07) is 5.34. The van der Waals surface area contributed by atoms with Gasteiger partial charge in [0.15, 0.2) is 4.80 Å². The lowest BCUT2D eigenvalue weighted by Crippen LogP contribution is -2.25. The van der Waals surface area contributed by atoms with Crippen LogP contribution in [-0.2, 0) is 21.4 Å². The number of benzene rings is 1. The van der Waals surface area contributed by atoms with Crippen molar-refractivity contribution in [1.82, 2.24) is 4.57 Å². The van der Waals surface area contributed by atoms with Gasteiger partial charge in [0.25, 0.3) is 5.91 Å². The first kappa shape index (κ1) is 24.0. The van der Waals surface area contributed by atoms with Gasteiger partial charge in [-0.3, -0.25) is 4.79 Å². The summed E-state index contributed by atoms with van der Waals surface area (Å²) in [4.78, 5) is 21.7. The van der Waals surface area contributed by atoms with E-state index in [1.54, 1.807) is 30.6 Å². The highest BCUT2D eigenvalue weighted by atomic mass is 35.5. The van der Waals surface area contributed by atoms with Gasteiger partial charge >= 0.3 is 0 Å². The minimum atomic E-state index is -0.301. The van der Waals surface area contributed by atoms with E-state index in [9.17, 15) is 4.79 Å². The molecule has 0 unspecified atom stereocenters. The van der Waals surface area contributed by atoms with Crippen LogP contribution in [0.25, 0.3) is 0 Å². The number of rotatable bonds is 7. The van der Waals surface area contributed by atoms with Gasteiger partial charge in [0.1, 0.15) is 0 Å². The molecule has 6 nitrogen and oxygen atoms in total. The normalized spacial score (nSPS) is 17.4. The molecule has 170 valence electrons. The summed E-state index contributed by atoms with van der Waals surface area (Å²) in [7, 11) is 3.59. The number of anilines is 1. The average Bonchev–Trinajstić information content (AvgIpc) is 3.36. The van der Waals surface area contributed by atoms with Crippen LogP contribution in [0.4, 0.5) is 5.69 Å². The minimum absolute atomic E-state index is 0.0264. The second kappa shape index (κ2) is 10.3. The summed E-state index contributed by atoms with van der Waals surface area (Å²) in [5.74, 6) is -0.301. The Balaban J connectivity index is 1.99. The zero-order valence-corrected chi connectivity index (χ0v) is 20.6. The predicted octanol–water partition coefficient (Wildman–Crippen LogP) is 4.50. The molecule has 1 amide bonds. The van der Waals surface area contributed by atoms with Crippen molar-refractivity contribution in [3.05, 3.63) is 44.7 Å². The molecule has 2 aromatic rings. The van der Waals surface area contributed by atoms with Crippen molar-refractivity contribution in [2.24, 2.45) is 4.99 Å². The number of aromatic nitrogens is 1. The Morgan fingerprint density at radius 2 is 2.19 bits per heavy atom. The van der Waals surface area contributed by atoms with Crippen LogP contribution in [0.3, 0.4) is 0 Å². The number of nitrogens with zero attached hydrogens (tertiary/aromatic N) is 3. The molecule has 0 N–H and O–H groups in total. The molecule has 0 bridgehead atoms. The third-order valence-electron chi connectivity index (χ3n) is 5.31. The average molecular weight is 466 g/mol. The van der Waals surface area contributed by atoms with Crippen LogP contribution in [0, 0.1) is 0 Å². The summed E-state index contributed by atoms with van der Waals surface area (Å²) in [5.41, 5.74) is 1.25. The standard InChI is InChI=1S/C23H32ClN3O3S/c1-23(2,3)20-15-27(14-17-7-6-11-30-17)22(31-20)25-21(28)18-13-16(24)8-9-19(18)26(4)10-12-29-5/h8-9,13,15,17H,6-7,10-12,14H2,1-5H3/t17-/m1/s1. The highest BCUT2D eigenvalue weighted by Crippen LogP contribution is 2.27. The Morgan fingerprint density at radius 1 is 1.42 bits per heavy atom. The van der Waals surface area contributed by atoms with E-state index in [4.69, 9.17) is 21.1 Å². The van der Waals surface area contributed by atoms with E-state index in [1.807, 2.05) is 18.0 Å². The Kier molecular flexibility index (Phi) is 7.97. The number of hydrogen-bond donors (Lipinski definition) is 0. The van der Waals surface area contributed by atoms with Gasteiger partial charge in [-0.05, 0) is 36.5 Å². The zero-order valence-electron chi connectivity index (χ0n) is 19.0. The SMILES string of the molecule is COCCN(C)c1ccc(Cl)cc1C(=O)N=c1sc(C(C)(C)C)cn1C[C@H]1CCCO1. The largest absolute Gasteiger partial charge is 0.383 e. The number of methoxy groups -OCH3 is 1. The van der Waals surface area contributed by atoms with Gasteiger partial charge in [0.05, 0.1) is 24.8 Å². The van der Waals surface area contributed by atoms with Crippen molar-refractivity contribution < 1.29 is 14.3 Å². The van der Waals surface area contributed by atoms with Gasteiger partial charge in [-0.2, -0.15) is 4.99 Å². The predicted molar refractivity (Wildman–Crippen MR) is 126 cm³/mol. The number of halogens is 1. The van der Waals surface area contributed by atoms with Crippen LogP contribution in [0.2, 0.25) is 5.02 Å². The molecule has 0 saturated carbocycles. The van der Waals surface area contributed by atoms with Crippen molar-refractivity contribution in [2.75, 3.05) is 38.8 Å². The van der Waals surface area contributed by atoms with E-state index < -0.39 is 0 Å². The van der Waals surface area contributed by atoms with E-state index >= 15 is 0 Å². The molecule has 2 heterocycles. The summed E-state index contributed by atoms with van der Waals surface area (Å²) >= 11 is 7.78. The Morgan fingerprint density at radius 3 is 2.84 bits per heavy atom. The monoisotopic (exact) mass is 465 g/mol. The van der Waals surface area contributed by atoms with Crippen LogP contribution >= 0.6 is 22.9 Å². The summed E-state index contributed by atoms with van der Waals surface area (Å²) in [5, 5.41) is 0.510. The van der Waals surface area contributed by atoms with E-state index in [1.165, 1.54) is 4.88 Å². The minimum Gasteiger partial charge on any atom is -0.383 e. The summed E-state index contributed by atoms with van der Waals surface area (Å²) in [6.07, 6.45) is 4.39. The van der Waals surface area contributed by atoms with Crippen LogP contribution in [0.5, 0.6) is 0 Å². The smallest absolute Gasteiger partial charge is 0.281 e. The molecule has 1 atom stereocenters. The highest BCUT2D eigenvalue weighted by Gasteiger charge is 2.22. The number of ether oxygens (including phenoxy) is 2. The van der Waals surface area contributed by atoms with Crippen LogP contribution in [0.15, 0.2) is 29.4 Å². The zero-order chi connectivity index (χ0) is 22.6. The van der Waals surface area contributed by atoms with E-state index in [-0.39, 0.29) is 17.4 Å². The highest BCUT2D eigenvalue weighted by molar-refractivity contribution is 7.09. The molecule has 1 aromatic heterocycles. The number of carbonyl (C=O) groups excluding carboxylic acids is 1. The summed E-state index contributed by atoms with van der Waals surface area (Å²) < 4.78 is 13.1. The molecule has 1 fully saturated rings. The van der Waals surface area contributed by atoms with E-state index in [0.29, 0.717) is 35.1 Å². The molecular weight excluding hydrogens is 434 g/mol. The van der Waals surface area contributed by atoms with Crippen molar-refractivity contribution >= 4 is 34.5 Å². The Bertz CT molecular complexity index is 971. The lowest BCUT2D eigenvalue weighted by molar-refractivity contribution is 0.0949. The van der Waals surface area contributed by atoms with Gasteiger partial charge in [0.2, 0.25) is 0 Å². The first-order valence-corrected chi connectivity index (χ1v) is 11.8. The Labute approximate surface area is 193 Å². The van der Waals surface area contributed by atoms with Crippen LogP contribution in [-0.4, -0.2) is 50.5 Å². The van der Waals surface area contributed by atoms with Gasteiger partial charge in [-0.15, -0.1) is 11.3 Å². The molecule has 1 aliphatic heterocycles. The third-order valence-corrected chi connectivity index (χ3v) is 6.99. The fourth-order valence-corrected chi connectivity index (χ4v) is 4.69. The van der Waals surface area contributed by atoms with Crippen molar-refractivity contribution in [2.45, 2.75) is 51.7 Å². The molecule has 0 aliphatic carbocycles. The molecule has 1 saturated heterocycles. The molecule has 3 rings (SSSR count). The molecule has 1 aromatic carbocycles.